The highest BCUT2D eigenvalue weighted by Crippen LogP contribution is 2.30. The van der Waals surface area contributed by atoms with Crippen LogP contribution >= 0.6 is 0 Å². The number of unbranched alkanes of at least 4 members (excludes halogenated alkanes) is 7. The molecule has 4 heterocycles. The lowest BCUT2D eigenvalue weighted by Crippen LogP contribution is -2.23. The summed E-state index contributed by atoms with van der Waals surface area (Å²) in [7, 11) is 2.07. The summed E-state index contributed by atoms with van der Waals surface area (Å²) in [5, 5.41) is 0. The molecule has 0 amide bonds. The summed E-state index contributed by atoms with van der Waals surface area (Å²) in [6.45, 7) is 1.89. The van der Waals surface area contributed by atoms with Crippen LogP contribution in [-0.2, 0) is 13.6 Å². The third-order valence-electron chi connectivity index (χ3n) is 7.27. The van der Waals surface area contributed by atoms with Crippen LogP contribution in [0.5, 0.6) is 5.75 Å². The molecule has 0 aliphatic carbocycles. The summed E-state index contributed by atoms with van der Waals surface area (Å²) in [6, 6.07) is 24.3. The second-order valence-electron chi connectivity index (χ2n) is 10.6. The molecule has 0 bridgehead atoms. The van der Waals surface area contributed by atoms with Crippen LogP contribution < -0.4 is 9.30 Å². The zero-order valence-electron chi connectivity index (χ0n) is 24.0. The van der Waals surface area contributed by atoms with Gasteiger partial charge in [0.2, 0.25) is 6.33 Å². The van der Waals surface area contributed by atoms with Gasteiger partial charge in [-0.25, -0.2) is 14.1 Å². The van der Waals surface area contributed by atoms with Gasteiger partial charge in [-0.2, -0.15) is 0 Å². The quantitative estimate of drug-likeness (QED) is 0.0997. The molecule has 0 saturated heterocycles. The minimum Gasteiger partial charge on any atom is -0.494 e. The van der Waals surface area contributed by atoms with Gasteiger partial charge < -0.3 is 4.74 Å². The highest BCUT2D eigenvalue weighted by Gasteiger charge is 2.10. The van der Waals surface area contributed by atoms with E-state index in [1.54, 1.807) is 12.4 Å². The Morgan fingerprint density at radius 2 is 1.27 bits per heavy atom. The minimum absolute atomic E-state index is 0.760. The second-order valence-corrected chi connectivity index (χ2v) is 10.6. The highest BCUT2D eigenvalue weighted by atomic mass is 16.5. The average Bonchev–Trinajstić information content (AvgIpc) is 3.45. The topological polar surface area (TPSA) is 56.7 Å². The van der Waals surface area contributed by atoms with Gasteiger partial charge in [-0.1, -0.05) is 56.4 Å². The van der Waals surface area contributed by atoms with Gasteiger partial charge in [0.05, 0.1) is 43.0 Å². The summed E-state index contributed by atoms with van der Waals surface area (Å²) in [5.74, 6) is 0.911. The van der Waals surface area contributed by atoms with Gasteiger partial charge >= 0.3 is 0 Å². The number of rotatable bonds is 15. The van der Waals surface area contributed by atoms with Crippen molar-refractivity contribution < 1.29 is 9.30 Å². The predicted molar refractivity (Wildman–Crippen MR) is 164 cm³/mol. The first-order valence-corrected chi connectivity index (χ1v) is 14.8. The molecule has 0 spiro atoms. The molecular weight excluding hydrogens is 506 g/mol. The molecule has 210 valence electrons. The maximum atomic E-state index is 6.05. The summed E-state index contributed by atoms with van der Waals surface area (Å²) >= 11 is 0. The lowest BCUT2D eigenvalue weighted by atomic mass is 10.0. The number of aromatic nitrogens is 5. The third kappa shape index (κ3) is 8.58. The third-order valence-corrected chi connectivity index (χ3v) is 7.27. The number of hydrogen-bond donors (Lipinski definition) is 0. The van der Waals surface area contributed by atoms with E-state index >= 15 is 0 Å². The second kappa shape index (κ2) is 14.9. The Balaban J connectivity index is 1.06. The summed E-state index contributed by atoms with van der Waals surface area (Å²) < 4.78 is 10.4. The van der Waals surface area contributed by atoms with E-state index in [0.717, 1.165) is 59.2 Å². The van der Waals surface area contributed by atoms with Crippen LogP contribution in [0.25, 0.3) is 33.9 Å². The van der Waals surface area contributed by atoms with Crippen molar-refractivity contribution in [3.63, 3.8) is 0 Å². The van der Waals surface area contributed by atoms with Gasteiger partial charge in [-0.3, -0.25) is 9.97 Å². The Hall–Kier alpha value is -4.32. The maximum absolute atomic E-state index is 6.05. The Morgan fingerprint density at radius 1 is 0.659 bits per heavy atom. The van der Waals surface area contributed by atoms with E-state index in [-0.39, 0.29) is 0 Å². The van der Waals surface area contributed by atoms with Crippen LogP contribution in [0.3, 0.4) is 0 Å². The van der Waals surface area contributed by atoms with Crippen LogP contribution in [0.4, 0.5) is 0 Å². The summed E-state index contributed by atoms with van der Waals surface area (Å²) in [5.41, 5.74) is 5.52. The molecule has 0 unspecified atom stereocenters. The van der Waals surface area contributed by atoms with Crippen molar-refractivity contribution in [3.05, 3.63) is 104 Å². The Labute approximate surface area is 243 Å². The first-order valence-electron chi connectivity index (χ1n) is 14.8. The van der Waals surface area contributed by atoms with Crippen LogP contribution in [0.1, 0.15) is 51.4 Å². The van der Waals surface area contributed by atoms with Crippen molar-refractivity contribution in [1.82, 2.24) is 19.5 Å². The van der Waals surface area contributed by atoms with Gasteiger partial charge in [0.1, 0.15) is 18.1 Å². The van der Waals surface area contributed by atoms with Crippen LogP contribution in [0.15, 0.2) is 104 Å². The fourth-order valence-electron chi connectivity index (χ4n) is 5.01. The number of benzene rings is 1. The highest BCUT2D eigenvalue weighted by molar-refractivity contribution is 5.74. The van der Waals surface area contributed by atoms with Crippen molar-refractivity contribution in [2.45, 2.75) is 57.9 Å². The molecule has 0 saturated carbocycles. The molecule has 41 heavy (non-hydrogen) atoms. The zero-order chi connectivity index (χ0) is 28.1. The van der Waals surface area contributed by atoms with Crippen LogP contribution in [0.2, 0.25) is 0 Å². The number of nitrogens with zero attached hydrogens (tertiary/aromatic N) is 5. The van der Waals surface area contributed by atoms with Crippen molar-refractivity contribution >= 4 is 0 Å². The Kier molecular flexibility index (Phi) is 10.2. The molecule has 0 fully saturated rings. The number of aryl methyl sites for hydroxylation is 2. The van der Waals surface area contributed by atoms with Gasteiger partial charge in [0.25, 0.3) is 0 Å². The lowest BCUT2D eigenvalue weighted by Gasteiger charge is -2.11. The Morgan fingerprint density at radius 3 is 1.83 bits per heavy atom. The number of ether oxygens (including phenoxy) is 1. The van der Waals surface area contributed by atoms with Gasteiger partial charge in [-0.05, 0) is 78.9 Å². The summed E-state index contributed by atoms with van der Waals surface area (Å²) in [6.07, 6.45) is 20.2. The molecule has 6 nitrogen and oxygen atoms in total. The number of pyridine rings is 3. The molecule has 4 aromatic heterocycles. The molecule has 5 aromatic rings. The lowest BCUT2D eigenvalue weighted by molar-refractivity contribution is -0.671. The van der Waals surface area contributed by atoms with Gasteiger partial charge in [-0.15, -0.1) is 0 Å². The molecule has 0 atom stereocenters. The maximum Gasteiger partial charge on any atom is 0.243 e. The SMILES string of the molecule is C[n+]1ccn(CCCCCCCCCCOc2ccc(-c3cc(-c4ccccn4)nc(-c4ccccn4)c3)cc2)c1. The van der Waals surface area contributed by atoms with E-state index in [9.17, 15) is 0 Å². The van der Waals surface area contributed by atoms with E-state index in [1.807, 2.05) is 36.4 Å². The molecule has 0 radical (unpaired) electrons. The minimum atomic E-state index is 0.760. The fraction of sp³-hybridized carbons (Fsp3) is 0.314. The van der Waals surface area contributed by atoms with Crippen molar-refractivity contribution in [2.24, 2.45) is 7.05 Å². The van der Waals surface area contributed by atoms with Gasteiger partial charge in [0.15, 0.2) is 0 Å². The van der Waals surface area contributed by atoms with E-state index in [1.165, 1.54) is 44.9 Å². The first kappa shape index (κ1) is 28.2. The smallest absolute Gasteiger partial charge is 0.243 e. The molecule has 0 aliphatic rings. The number of hydrogen-bond acceptors (Lipinski definition) is 4. The monoisotopic (exact) mass is 546 g/mol. The molecular formula is C35H40N5O+. The van der Waals surface area contributed by atoms with Crippen molar-refractivity contribution in [3.8, 4) is 39.7 Å². The number of imidazole rings is 1. The average molecular weight is 547 g/mol. The zero-order valence-corrected chi connectivity index (χ0v) is 24.0. The molecule has 6 heteroatoms. The molecule has 1 aromatic carbocycles. The fourth-order valence-corrected chi connectivity index (χ4v) is 5.01. The normalized spacial score (nSPS) is 11.0. The first-order chi connectivity index (χ1) is 20.2. The van der Waals surface area contributed by atoms with Gasteiger partial charge in [0, 0.05) is 12.4 Å². The molecule has 0 N–H and O–H groups in total. The molecule has 5 rings (SSSR count). The van der Waals surface area contributed by atoms with E-state index < -0.39 is 0 Å². The largest absolute Gasteiger partial charge is 0.494 e. The van der Waals surface area contributed by atoms with Crippen LogP contribution in [0, 0.1) is 0 Å². The predicted octanol–water partition coefficient (Wildman–Crippen LogP) is 7.70. The Bertz CT molecular complexity index is 1410. The molecule has 0 aliphatic heterocycles. The standard InChI is InChI=1S/C35H40N5O/c1-39-23-24-40(28-39)22-12-6-4-2-3-5-7-13-25-41-31-18-16-29(17-19-31)30-26-34(32-14-8-10-20-36-32)38-35(27-30)33-15-9-11-21-37-33/h8-11,14-21,23-24,26-28H,2-7,12-13,22,25H2,1H3/q+1. The van der Waals surface area contributed by atoms with Crippen molar-refractivity contribution in [2.75, 3.05) is 6.61 Å². The van der Waals surface area contributed by atoms with E-state index in [4.69, 9.17) is 9.72 Å². The van der Waals surface area contributed by atoms with Crippen molar-refractivity contribution in [1.29, 1.82) is 0 Å². The van der Waals surface area contributed by atoms with Crippen LogP contribution in [-0.4, -0.2) is 26.1 Å². The summed E-state index contributed by atoms with van der Waals surface area (Å²) in [4.78, 5) is 13.9. The van der Waals surface area contributed by atoms with E-state index in [0.29, 0.717) is 0 Å². The van der Waals surface area contributed by atoms with E-state index in [2.05, 4.69) is 81.3 Å².